The number of amides is 2. The Morgan fingerprint density at radius 1 is 1.28 bits per heavy atom. The summed E-state index contributed by atoms with van der Waals surface area (Å²) in [6.07, 6.45) is 5.29. The predicted molar refractivity (Wildman–Crippen MR) is 147 cm³/mol. The molecule has 6 atom stereocenters. The summed E-state index contributed by atoms with van der Waals surface area (Å²) in [7, 11) is 0. The highest BCUT2D eigenvalue weighted by atomic mass is 79.9. The summed E-state index contributed by atoms with van der Waals surface area (Å²) >= 11 is 5.33. The van der Waals surface area contributed by atoms with E-state index >= 15 is 0 Å². The molecule has 202 valence electrons. The van der Waals surface area contributed by atoms with Crippen LogP contribution in [0.1, 0.15) is 53.9 Å². The smallest absolute Gasteiger partial charge is 0.310 e. The number of esters is 1. The molecular weight excluding hydrogens is 544 g/mol. The highest BCUT2D eigenvalue weighted by molar-refractivity contribution is 9.09. The van der Waals surface area contributed by atoms with Gasteiger partial charge in [0.2, 0.25) is 11.8 Å². The minimum Gasteiger partial charge on any atom is -0.465 e. The van der Waals surface area contributed by atoms with Gasteiger partial charge < -0.3 is 19.6 Å². The number of hydrogen-bond acceptors (Lipinski definition) is 6. The largest absolute Gasteiger partial charge is 0.465 e. The molecule has 3 saturated heterocycles. The van der Waals surface area contributed by atoms with E-state index in [2.05, 4.69) is 49.9 Å². The molecule has 3 aliphatic rings. The Bertz CT molecular complexity index is 903. The lowest BCUT2D eigenvalue weighted by atomic mass is 9.70. The first-order chi connectivity index (χ1) is 16.8. The minimum absolute atomic E-state index is 0.0247. The first-order valence-electron chi connectivity index (χ1n) is 12.7. The van der Waals surface area contributed by atoms with Gasteiger partial charge in [0.25, 0.3) is 0 Å². The van der Waals surface area contributed by atoms with Crippen LogP contribution in [-0.4, -0.2) is 85.4 Å². The van der Waals surface area contributed by atoms with Crippen LogP contribution in [0.15, 0.2) is 25.3 Å². The van der Waals surface area contributed by atoms with E-state index in [1.807, 2.05) is 18.7 Å². The number of β-amino-alcohol motifs (C(OH)–C–C–N with tert-alkyl or cyclic N) is 1. The second-order valence-corrected chi connectivity index (χ2v) is 14.7. The Balaban J connectivity index is 2.04. The van der Waals surface area contributed by atoms with E-state index in [0.29, 0.717) is 19.4 Å². The zero-order valence-corrected chi connectivity index (χ0v) is 24.6. The number of rotatable bonds is 11. The van der Waals surface area contributed by atoms with Gasteiger partial charge in [0.05, 0.1) is 29.8 Å². The number of ether oxygens (including phenoxy) is 1. The highest BCUT2D eigenvalue weighted by Crippen LogP contribution is 2.68. The average molecular weight is 586 g/mol. The number of fused-ring (bicyclic) bond motifs is 1. The quantitative estimate of drug-likeness (QED) is 0.172. The zero-order valence-electron chi connectivity index (χ0n) is 22.2. The second kappa shape index (κ2) is 10.8. The molecule has 0 radical (unpaired) electrons. The fraction of sp³-hybridized carbons (Fsp3) is 0.741. The van der Waals surface area contributed by atoms with Crippen molar-refractivity contribution in [2.24, 2.45) is 17.3 Å². The van der Waals surface area contributed by atoms with Gasteiger partial charge in [-0.1, -0.05) is 48.9 Å². The van der Waals surface area contributed by atoms with E-state index in [0.717, 1.165) is 6.42 Å². The van der Waals surface area contributed by atoms with Crippen molar-refractivity contribution in [1.29, 1.82) is 0 Å². The van der Waals surface area contributed by atoms with Crippen LogP contribution in [0.2, 0.25) is 0 Å². The topological polar surface area (TPSA) is 87.1 Å². The van der Waals surface area contributed by atoms with Gasteiger partial charge in [0.15, 0.2) is 0 Å². The SMILES string of the molecule is C=CCCOC(=O)[C@H]1[C@H]2C(=O)N(CCO)C(C(=O)N(CC=C)C(C)(C)CC(C)(C)C)C23CC(Br)[C@@H]1S3. The monoisotopic (exact) mass is 584 g/mol. The molecule has 0 aromatic carbocycles. The van der Waals surface area contributed by atoms with Crippen molar-refractivity contribution >= 4 is 45.5 Å². The first-order valence-corrected chi connectivity index (χ1v) is 14.5. The van der Waals surface area contributed by atoms with Crippen LogP contribution in [0.25, 0.3) is 0 Å². The first kappa shape index (κ1) is 29.2. The summed E-state index contributed by atoms with van der Waals surface area (Å²) in [5.74, 6) is -2.09. The lowest BCUT2D eigenvalue weighted by molar-refractivity contribution is -0.154. The predicted octanol–water partition coefficient (Wildman–Crippen LogP) is 3.79. The van der Waals surface area contributed by atoms with E-state index in [1.165, 1.54) is 4.90 Å². The summed E-state index contributed by atoms with van der Waals surface area (Å²) in [5.41, 5.74) is -0.521. The molecule has 3 fully saturated rings. The van der Waals surface area contributed by atoms with Crippen molar-refractivity contribution in [1.82, 2.24) is 9.80 Å². The number of likely N-dealkylation sites (tertiary alicyclic amines) is 1. The van der Waals surface area contributed by atoms with Crippen molar-refractivity contribution in [2.45, 2.75) is 80.3 Å². The van der Waals surface area contributed by atoms with Gasteiger partial charge >= 0.3 is 5.97 Å². The minimum atomic E-state index is -0.776. The summed E-state index contributed by atoms with van der Waals surface area (Å²) in [4.78, 5) is 44.9. The lowest BCUT2D eigenvalue weighted by Crippen LogP contribution is -2.60. The summed E-state index contributed by atoms with van der Waals surface area (Å²) in [6, 6.07) is -0.776. The molecule has 3 rings (SSSR count). The van der Waals surface area contributed by atoms with Gasteiger partial charge in [0.1, 0.15) is 6.04 Å². The number of carbonyl (C=O) groups is 3. The van der Waals surface area contributed by atoms with Gasteiger partial charge in [-0.25, -0.2) is 0 Å². The molecule has 0 aromatic rings. The molecule has 3 heterocycles. The maximum atomic E-state index is 14.5. The molecule has 3 aliphatic heterocycles. The van der Waals surface area contributed by atoms with Crippen molar-refractivity contribution < 1.29 is 24.2 Å². The van der Waals surface area contributed by atoms with E-state index in [4.69, 9.17) is 4.74 Å². The number of halogens is 1. The van der Waals surface area contributed by atoms with E-state index < -0.39 is 34.1 Å². The molecule has 7 nitrogen and oxygen atoms in total. The summed E-state index contributed by atoms with van der Waals surface area (Å²) in [6.45, 7) is 18.4. The summed E-state index contributed by atoms with van der Waals surface area (Å²) < 4.78 is 4.77. The Labute approximate surface area is 228 Å². The molecule has 2 amide bonds. The van der Waals surface area contributed by atoms with Crippen LogP contribution < -0.4 is 0 Å². The molecule has 9 heteroatoms. The van der Waals surface area contributed by atoms with Crippen molar-refractivity contribution in [3.8, 4) is 0 Å². The van der Waals surface area contributed by atoms with Crippen molar-refractivity contribution in [3.05, 3.63) is 25.3 Å². The Kier molecular flexibility index (Phi) is 8.78. The van der Waals surface area contributed by atoms with E-state index in [9.17, 15) is 19.5 Å². The molecule has 0 aliphatic carbocycles. The Morgan fingerprint density at radius 3 is 2.50 bits per heavy atom. The third kappa shape index (κ3) is 5.17. The number of aliphatic hydroxyl groups excluding tert-OH is 1. The van der Waals surface area contributed by atoms with Crippen LogP contribution in [0, 0.1) is 17.3 Å². The third-order valence-electron chi connectivity index (χ3n) is 7.47. The number of alkyl halides is 1. The highest BCUT2D eigenvalue weighted by Gasteiger charge is 2.76. The van der Waals surface area contributed by atoms with Crippen LogP contribution in [0.4, 0.5) is 0 Å². The average Bonchev–Trinajstić information content (AvgIpc) is 3.34. The van der Waals surface area contributed by atoms with E-state index in [1.54, 1.807) is 23.9 Å². The fourth-order valence-corrected chi connectivity index (χ4v) is 10.3. The van der Waals surface area contributed by atoms with Gasteiger partial charge in [-0.15, -0.1) is 24.9 Å². The molecule has 1 N–H and O–H groups in total. The maximum absolute atomic E-state index is 14.5. The van der Waals surface area contributed by atoms with Crippen molar-refractivity contribution in [2.75, 3.05) is 26.3 Å². The van der Waals surface area contributed by atoms with Gasteiger partial charge in [-0.2, -0.15) is 0 Å². The van der Waals surface area contributed by atoms with Crippen molar-refractivity contribution in [3.63, 3.8) is 0 Å². The van der Waals surface area contributed by atoms with Crippen LogP contribution in [-0.2, 0) is 19.1 Å². The van der Waals surface area contributed by atoms with Gasteiger partial charge in [0, 0.05) is 28.7 Å². The van der Waals surface area contributed by atoms with Crippen LogP contribution in [0.3, 0.4) is 0 Å². The molecule has 3 unspecified atom stereocenters. The van der Waals surface area contributed by atoms with Gasteiger partial charge in [-0.05, 0) is 38.5 Å². The fourth-order valence-electron chi connectivity index (χ4n) is 6.67. The van der Waals surface area contributed by atoms with Gasteiger partial charge in [-0.3, -0.25) is 14.4 Å². The van der Waals surface area contributed by atoms with E-state index in [-0.39, 0.29) is 47.1 Å². The Morgan fingerprint density at radius 2 is 1.94 bits per heavy atom. The number of carbonyl (C=O) groups excluding carboxylic acids is 3. The molecular formula is C27H41BrN2O5S. The molecule has 0 saturated carbocycles. The number of nitrogens with zero attached hydrogens (tertiary/aromatic N) is 2. The Hall–Kier alpha value is -1.32. The normalized spacial score (nSPS) is 31.4. The van der Waals surface area contributed by atoms with Crippen LogP contribution >= 0.6 is 27.7 Å². The molecule has 0 aromatic heterocycles. The lowest BCUT2D eigenvalue weighted by Gasteiger charge is -2.46. The maximum Gasteiger partial charge on any atom is 0.310 e. The molecule has 2 bridgehead atoms. The molecule has 36 heavy (non-hydrogen) atoms. The summed E-state index contributed by atoms with van der Waals surface area (Å²) in [5, 5.41) is 9.69. The molecule has 1 spiro atoms. The van der Waals surface area contributed by atoms with Crippen LogP contribution in [0.5, 0.6) is 0 Å². The standard InChI is InChI=1S/C27H41BrN2O5S/c1-8-10-14-35-24(34)18-19-22(32)29(12-13-31)21(27(19)15-17(28)20(18)36-27)23(33)30(11-9-2)26(6,7)16-25(3,4)5/h8-9,17-21,31H,1-2,10-16H2,3-7H3/t17?,18-,19-,20-,21?,27?/m0/s1. The zero-order chi connectivity index (χ0) is 27.1. The number of aliphatic hydroxyl groups is 1. The number of thioether (sulfide) groups is 1. The third-order valence-corrected chi connectivity index (χ3v) is 10.7. The number of hydrogen-bond donors (Lipinski definition) is 1. The second-order valence-electron chi connectivity index (χ2n) is 12.0.